The van der Waals surface area contributed by atoms with Gasteiger partial charge < -0.3 is 14.2 Å². The Balaban J connectivity index is 1.93. The number of nitrogens with zero attached hydrogens (tertiary/aromatic N) is 3. The van der Waals surface area contributed by atoms with Gasteiger partial charge in [0, 0.05) is 37.1 Å². The summed E-state index contributed by atoms with van der Waals surface area (Å²) < 4.78 is 7.47. The molecule has 0 bridgehead atoms. The van der Waals surface area contributed by atoms with E-state index in [9.17, 15) is 9.59 Å². The number of aryl methyl sites for hydroxylation is 1. The average molecular weight is 343 g/mol. The fourth-order valence-electron chi connectivity index (χ4n) is 2.93. The maximum absolute atomic E-state index is 12.1. The van der Waals surface area contributed by atoms with Crippen molar-refractivity contribution >= 4 is 18.0 Å². The normalized spacial score (nSPS) is 15.0. The number of esters is 1. The Hall–Kier alpha value is -2.55. The lowest BCUT2D eigenvalue weighted by Gasteiger charge is -2.19. The molecule has 1 aliphatic carbocycles. The van der Waals surface area contributed by atoms with Crippen LogP contribution in [0.5, 0.6) is 0 Å². The van der Waals surface area contributed by atoms with Crippen LogP contribution in [-0.2, 0) is 14.3 Å². The van der Waals surface area contributed by atoms with E-state index < -0.39 is 12.1 Å². The Labute approximate surface area is 148 Å². The number of likely N-dealkylation sites (N-methyl/N-ethyl adjacent to an activating group) is 1. The summed E-state index contributed by atoms with van der Waals surface area (Å²) >= 11 is 0. The maximum Gasteiger partial charge on any atom is 0.331 e. The van der Waals surface area contributed by atoms with Crippen LogP contribution in [0, 0.1) is 25.2 Å². The first kappa shape index (κ1) is 18.8. The molecule has 0 unspecified atom stereocenters. The molecule has 1 fully saturated rings. The standard InChI is InChI=1S/C19H25N3O3/c1-13-12-16(14(2)22(13)17-7-8-17)6-9-18(23)25-15(3)19(24)21(4)11-5-10-20/h6,9,12,15,17H,5,7-8,11H2,1-4H3/b9-6+/t15-/m0/s1. The number of hydrogen-bond donors (Lipinski definition) is 0. The van der Waals surface area contributed by atoms with Crippen LogP contribution < -0.4 is 0 Å². The highest BCUT2D eigenvalue weighted by Gasteiger charge is 2.26. The second kappa shape index (κ2) is 8.02. The van der Waals surface area contributed by atoms with Crippen LogP contribution in [-0.4, -0.2) is 41.0 Å². The third-order valence-electron chi connectivity index (χ3n) is 4.41. The van der Waals surface area contributed by atoms with Gasteiger partial charge in [-0.2, -0.15) is 5.26 Å². The van der Waals surface area contributed by atoms with Crippen molar-refractivity contribution in [3.8, 4) is 6.07 Å². The molecular formula is C19H25N3O3. The number of rotatable bonds is 7. The zero-order valence-corrected chi connectivity index (χ0v) is 15.3. The van der Waals surface area contributed by atoms with Gasteiger partial charge in [0.25, 0.3) is 5.91 Å². The monoisotopic (exact) mass is 343 g/mol. The number of aromatic nitrogens is 1. The molecule has 1 aliphatic rings. The summed E-state index contributed by atoms with van der Waals surface area (Å²) in [6, 6.07) is 4.63. The molecule has 0 N–H and O–H groups in total. The van der Waals surface area contributed by atoms with Gasteiger partial charge in [0.1, 0.15) is 0 Å². The highest BCUT2D eigenvalue weighted by atomic mass is 16.5. The van der Waals surface area contributed by atoms with Crippen LogP contribution in [0.3, 0.4) is 0 Å². The number of nitriles is 1. The summed E-state index contributed by atoms with van der Waals surface area (Å²) in [5.41, 5.74) is 3.33. The summed E-state index contributed by atoms with van der Waals surface area (Å²) in [7, 11) is 1.59. The summed E-state index contributed by atoms with van der Waals surface area (Å²) in [6.45, 7) is 5.97. The highest BCUT2D eigenvalue weighted by molar-refractivity contribution is 5.90. The van der Waals surface area contributed by atoms with Crippen molar-refractivity contribution in [1.82, 2.24) is 9.47 Å². The Morgan fingerprint density at radius 1 is 1.48 bits per heavy atom. The smallest absolute Gasteiger partial charge is 0.331 e. The molecule has 1 amide bonds. The van der Waals surface area contributed by atoms with Crippen LogP contribution in [0.15, 0.2) is 12.1 Å². The third kappa shape index (κ3) is 4.72. The van der Waals surface area contributed by atoms with Gasteiger partial charge in [0.15, 0.2) is 6.10 Å². The van der Waals surface area contributed by atoms with Gasteiger partial charge in [-0.1, -0.05) is 0 Å². The lowest BCUT2D eigenvalue weighted by Crippen LogP contribution is -2.37. The van der Waals surface area contributed by atoms with Crippen molar-refractivity contribution < 1.29 is 14.3 Å². The van der Waals surface area contributed by atoms with Gasteiger partial charge in [-0.05, 0) is 51.3 Å². The van der Waals surface area contributed by atoms with Gasteiger partial charge in [0.05, 0.1) is 12.5 Å². The molecule has 6 nitrogen and oxygen atoms in total. The maximum atomic E-state index is 12.1. The second-order valence-corrected chi connectivity index (χ2v) is 6.51. The fraction of sp³-hybridized carbons (Fsp3) is 0.526. The van der Waals surface area contributed by atoms with E-state index in [0.29, 0.717) is 12.6 Å². The highest BCUT2D eigenvalue weighted by Crippen LogP contribution is 2.38. The molecule has 25 heavy (non-hydrogen) atoms. The topological polar surface area (TPSA) is 75.3 Å². The zero-order chi connectivity index (χ0) is 18.6. The van der Waals surface area contributed by atoms with Crippen LogP contribution in [0.1, 0.15) is 49.2 Å². The second-order valence-electron chi connectivity index (χ2n) is 6.51. The fourth-order valence-corrected chi connectivity index (χ4v) is 2.93. The van der Waals surface area contributed by atoms with E-state index in [1.807, 2.05) is 13.0 Å². The quantitative estimate of drug-likeness (QED) is 0.563. The Kier molecular flexibility index (Phi) is 6.02. The van der Waals surface area contributed by atoms with Crippen molar-refractivity contribution in [2.24, 2.45) is 0 Å². The molecular weight excluding hydrogens is 318 g/mol. The minimum Gasteiger partial charge on any atom is -0.449 e. The number of amides is 1. The van der Waals surface area contributed by atoms with Crippen LogP contribution >= 0.6 is 0 Å². The Morgan fingerprint density at radius 3 is 2.76 bits per heavy atom. The molecule has 0 aliphatic heterocycles. The molecule has 1 aromatic rings. The van der Waals surface area contributed by atoms with E-state index in [1.165, 1.54) is 36.4 Å². The molecule has 1 atom stereocenters. The number of ether oxygens (including phenoxy) is 1. The average Bonchev–Trinajstić information content (AvgIpc) is 3.35. The van der Waals surface area contributed by atoms with Crippen molar-refractivity contribution in [2.75, 3.05) is 13.6 Å². The largest absolute Gasteiger partial charge is 0.449 e. The predicted molar refractivity (Wildman–Crippen MR) is 94.6 cm³/mol. The van der Waals surface area contributed by atoms with E-state index in [-0.39, 0.29) is 12.3 Å². The minimum atomic E-state index is -0.875. The molecule has 1 aromatic heterocycles. The molecule has 134 valence electrons. The van der Waals surface area contributed by atoms with Crippen LogP contribution in [0.25, 0.3) is 6.08 Å². The Morgan fingerprint density at radius 2 is 2.16 bits per heavy atom. The first-order valence-electron chi connectivity index (χ1n) is 8.54. The molecule has 0 saturated heterocycles. The van der Waals surface area contributed by atoms with Gasteiger partial charge in [-0.3, -0.25) is 4.79 Å². The lowest BCUT2D eigenvalue weighted by molar-refractivity contribution is -0.154. The van der Waals surface area contributed by atoms with Gasteiger partial charge >= 0.3 is 5.97 Å². The first-order valence-corrected chi connectivity index (χ1v) is 8.54. The predicted octanol–water partition coefficient (Wildman–Crippen LogP) is 2.76. The SMILES string of the molecule is Cc1cc(/C=C/C(=O)O[C@@H](C)C(=O)N(C)CCC#N)c(C)n1C1CC1. The number of carbonyl (C=O) groups excluding carboxylic acids is 2. The molecule has 0 aromatic carbocycles. The number of carbonyl (C=O) groups is 2. The molecule has 6 heteroatoms. The molecule has 2 rings (SSSR count). The summed E-state index contributed by atoms with van der Waals surface area (Å²) in [6.07, 6.45) is 4.89. The summed E-state index contributed by atoms with van der Waals surface area (Å²) in [4.78, 5) is 25.4. The van der Waals surface area contributed by atoms with E-state index in [0.717, 1.165) is 11.3 Å². The molecule has 1 heterocycles. The van der Waals surface area contributed by atoms with E-state index in [1.54, 1.807) is 13.1 Å². The van der Waals surface area contributed by atoms with E-state index in [4.69, 9.17) is 10.00 Å². The first-order chi connectivity index (χ1) is 11.8. The lowest BCUT2D eigenvalue weighted by atomic mass is 10.2. The Bertz CT molecular complexity index is 723. The van der Waals surface area contributed by atoms with Crippen molar-refractivity contribution in [3.63, 3.8) is 0 Å². The van der Waals surface area contributed by atoms with Crippen LogP contribution in [0.2, 0.25) is 0 Å². The molecule has 0 spiro atoms. The molecule has 0 radical (unpaired) electrons. The van der Waals surface area contributed by atoms with E-state index in [2.05, 4.69) is 17.6 Å². The number of hydrogen-bond acceptors (Lipinski definition) is 4. The van der Waals surface area contributed by atoms with Crippen molar-refractivity contribution in [1.29, 1.82) is 5.26 Å². The van der Waals surface area contributed by atoms with E-state index >= 15 is 0 Å². The molecule has 1 saturated carbocycles. The minimum absolute atomic E-state index is 0.249. The van der Waals surface area contributed by atoms with Gasteiger partial charge in [-0.15, -0.1) is 0 Å². The van der Waals surface area contributed by atoms with Gasteiger partial charge in [0.2, 0.25) is 0 Å². The van der Waals surface area contributed by atoms with Crippen LogP contribution in [0.4, 0.5) is 0 Å². The van der Waals surface area contributed by atoms with Crippen molar-refractivity contribution in [2.45, 2.75) is 52.2 Å². The third-order valence-corrected chi connectivity index (χ3v) is 4.41. The summed E-state index contributed by atoms with van der Waals surface area (Å²) in [5.74, 6) is -0.866. The van der Waals surface area contributed by atoms with Gasteiger partial charge in [-0.25, -0.2) is 4.79 Å². The van der Waals surface area contributed by atoms with Crippen molar-refractivity contribution in [3.05, 3.63) is 29.1 Å². The zero-order valence-electron chi connectivity index (χ0n) is 15.3. The summed E-state index contributed by atoms with van der Waals surface area (Å²) in [5, 5.41) is 8.56.